The van der Waals surface area contributed by atoms with Crippen LogP contribution in [-0.2, 0) is 12.4 Å². The third-order valence-electron chi connectivity index (χ3n) is 2.76. The predicted molar refractivity (Wildman–Crippen MR) is 72.3 cm³/mol. The molecular formula is C12H13BrClN3. The topological polar surface area (TPSA) is 30.7 Å². The second kappa shape index (κ2) is 5.19. The second-order valence-electron chi connectivity index (χ2n) is 3.95. The van der Waals surface area contributed by atoms with Gasteiger partial charge in [-0.2, -0.15) is 5.10 Å². The third-order valence-corrected chi connectivity index (χ3v) is 3.46. The first kappa shape index (κ1) is 12.6. The Hall–Kier alpha value is -0.870. The quantitative estimate of drug-likeness (QED) is 0.813. The van der Waals surface area contributed by atoms with E-state index in [4.69, 9.17) is 11.6 Å². The largest absolute Gasteiger partial charge is 0.265 e. The van der Waals surface area contributed by atoms with E-state index < -0.39 is 0 Å². The molecule has 0 unspecified atom stereocenters. The van der Waals surface area contributed by atoms with Crippen molar-refractivity contribution in [2.24, 2.45) is 0 Å². The van der Waals surface area contributed by atoms with Crippen LogP contribution in [0.3, 0.4) is 0 Å². The molecule has 2 aromatic heterocycles. The SMILES string of the molecule is Cc1nn(Cc2cncc(Br)c2)c(C)c1CCl. The van der Waals surface area contributed by atoms with Gasteiger partial charge in [-0.1, -0.05) is 0 Å². The van der Waals surface area contributed by atoms with E-state index in [2.05, 4.69) is 26.0 Å². The minimum absolute atomic E-state index is 0.508. The fourth-order valence-electron chi connectivity index (χ4n) is 1.80. The number of nitrogens with zero attached hydrogens (tertiary/aromatic N) is 3. The number of alkyl halides is 1. The summed E-state index contributed by atoms with van der Waals surface area (Å²) < 4.78 is 2.95. The number of pyridine rings is 1. The maximum atomic E-state index is 5.91. The zero-order valence-electron chi connectivity index (χ0n) is 9.74. The smallest absolute Gasteiger partial charge is 0.0678 e. The van der Waals surface area contributed by atoms with Crippen molar-refractivity contribution in [3.8, 4) is 0 Å². The highest BCUT2D eigenvalue weighted by Gasteiger charge is 2.10. The van der Waals surface area contributed by atoms with Gasteiger partial charge in [0.25, 0.3) is 0 Å². The van der Waals surface area contributed by atoms with E-state index >= 15 is 0 Å². The summed E-state index contributed by atoms with van der Waals surface area (Å²) in [5, 5.41) is 4.50. The molecule has 0 aliphatic rings. The highest BCUT2D eigenvalue weighted by molar-refractivity contribution is 9.10. The van der Waals surface area contributed by atoms with Crippen LogP contribution in [0.1, 0.15) is 22.5 Å². The van der Waals surface area contributed by atoms with E-state index in [9.17, 15) is 0 Å². The summed E-state index contributed by atoms with van der Waals surface area (Å²) in [6.45, 7) is 4.75. The minimum Gasteiger partial charge on any atom is -0.265 e. The Kier molecular flexibility index (Phi) is 3.84. The summed E-state index contributed by atoms with van der Waals surface area (Å²) in [4.78, 5) is 4.15. The molecule has 2 aromatic rings. The lowest BCUT2D eigenvalue weighted by Gasteiger charge is -2.05. The van der Waals surface area contributed by atoms with E-state index in [1.54, 1.807) is 6.20 Å². The molecule has 0 saturated carbocycles. The predicted octanol–water partition coefficient (Wildman–Crippen LogP) is 3.44. The van der Waals surface area contributed by atoms with Crippen molar-refractivity contribution in [2.45, 2.75) is 26.3 Å². The Balaban J connectivity index is 2.30. The summed E-state index contributed by atoms with van der Waals surface area (Å²) in [6.07, 6.45) is 3.62. The van der Waals surface area contributed by atoms with E-state index in [1.807, 2.05) is 30.8 Å². The summed E-state index contributed by atoms with van der Waals surface area (Å²) in [7, 11) is 0. The molecule has 0 aromatic carbocycles. The summed E-state index contributed by atoms with van der Waals surface area (Å²) >= 11 is 9.32. The number of rotatable bonds is 3. The molecule has 90 valence electrons. The molecular weight excluding hydrogens is 302 g/mol. The molecule has 5 heteroatoms. The average molecular weight is 315 g/mol. The molecule has 0 amide bonds. The lowest BCUT2D eigenvalue weighted by molar-refractivity contribution is 0.656. The molecule has 2 rings (SSSR count). The van der Waals surface area contributed by atoms with Crippen molar-refractivity contribution in [3.63, 3.8) is 0 Å². The van der Waals surface area contributed by atoms with Crippen molar-refractivity contribution < 1.29 is 0 Å². The van der Waals surface area contributed by atoms with Crippen LogP contribution < -0.4 is 0 Å². The van der Waals surface area contributed by atoms with Crippen LogP contribution >= 0.6 is 27.5 Å². The van der Waals surface area contributed by atoms with Crippen molar-refractivity contribution in [3.05, 3.63) is 45.4 Å². The highest BCUT2D eigenvalue weighted by Crippen LogP contribution is 2.17. The van der Waals surface area contributed by atoms with Crippen molar-refractivity contribution in [1.82, 2.24) is 14.8 Å². The average Bonchev–Trinajstić information content (AvgIpc) is 2.54. The summed E-state index contributed by atoms with van der Waals surface area (Å²) in [6, 6.07) is 2.05. The molecule has 3 nitrogen and oxygen atoms in total. The lowest BCUT2D eigenvalue weighted by atomic mass is 10.2. The van der Waals surface area contributed by atoms with Gasteiger partial charge in [0.1, 0.15) is 0 Å². The van der Waals surface area contributed by atoms with Crippen molar-refractivity contribution >= 4 is 27.5 Å². The number of halogens is 2. The number of aryl methyl sites for hydroxylation is 1. The number of hydrogen-bond acceptors (Lipinski definition) is 2. The first-order valence-corrected chi connectivity index (χ1v) is 6.63. The highest BCUT2D eigenvalue weighted by atomic mass is 79.9. The van der Waals surface area contributed by atoms with Gasteiger partial charge in [-0.3, -0.25) is 9.67 Å². The molecule has 0 fully saturated rings. The molecule has 0 saturated heterocycles. The van der Waals surface area contributed by atoms with Gasteiger partial charge in [-0.05, 0) is 41.4 Å². The normalized spacial score (nSPS) is 10.8. The van der Waals surface area contributed by atoms with Gasteiger partial charge >= 0.3 is 0 Å². The zero-order valence-corrected chi connectivity index (χ0v) is 12.1. The monoisotopic (exact) mass is 313 g/mol. The molecule has 0 spiro atoms. The molecule has 0 bridgehead atoms. The minimum atomic E-state index is 0.508. The Labute approximate surface area is 114 Å². The van der Waals surface area contributed by atoms with Crippen LogP contribution in [0.15, 0.2) is 22.9 Å². The van der Waals surface area contributed by atoms with Crippen LogP contribution in [0.5, 0.6) is 0 Å². The first-order valence-electron chi connectivity index (χ1n) is 5.30. The standard InChI is InChI=1S/C12H13BrClN3/c1-8-12(4-14)9(2)17(16-8)7-10-3-11(13)6-15-5-10/h3,5-6H,4,7H2,1-2H3. The Bertz CT molecular complexity index is 537. The van der Waals surface area contributed by atoms with E-state index in [0.717, 1.165) is 33.5 Å². The van der Waals surface area contributed by atoms with Crippen LogP contribution in [0.2, 0.25) is 0 Å². The molecule has 0 atom stereocenters. The van der Waals surface area contributed by atoms with Gasteiger partial charge in [0.15, 0.2) is 0 Å². The maximum absolute atomic E-state index is 5.91. The van der Waals surface area contributed by atoms with Gasteiger partial charge in [0.05, 0.1) is 18.1 Å². The van der Waals surface area contributed by atoms with Crippen LogP contribution in [0.25, 0.3) is 0 Å². The van der Waals surface area contributed by atoms with Crippen molar-refractivity contribution in [2.75, 3.05) is 0 Å². The van der Waals surface area contributed by atoms with Gasteiger partial charge in [-0.25, -0.2) is 0 Å². The fraction of sp³-hybridized carbons (Fsp3) is 0.333. The van der Waals surface area contributed by atoms with E-state index in [0.29, 0.717) is 5.88 Å². The molecule has 0 radical (unpaired) electrons. The van der Waals surface area contributed by atoms with E-state index in [1.165, 1.54) is 0 Å². The molecule has 0 aliphatic carbocycles. The van der Waals surface area contributed by atoms with Crippen LogP contribution in [-0.4, -0.2) is 14.8 Å². The van der Waals surface area contributed by atoms with Gasteiger partial charge in [-0.15, -0.1) is 11.6 Å². The zero-order chi connectivity index (χ0) is 12.4. The molecule has 17 heavy (non-hydrogen) atoms. The number of aromatic nitrogens is 3. The van der Waals surface area contributed by atoms with Gasteiger partial charge in [0, 0.05) is 28.1 Å². The Morgan fingerprint density at radius 2 is 2.12 bits per heavy atom. The Morgan fingerprint density at radius 1 is 1.35 bits per heavy atom. The van der Waals surface area contributed by atoms with Gasteiger partial charge < -0.3 is 0 Å². The second-order valence-corrected chi connectivity index (χ2v) is 5.13. The third kappa shape index (κ3) is 2.69. The van der Waals surface area contributed by atoms with Crippen LogP contribution in [0.4, 0.5) is 0 Å². The molecule has 0 aliphatic heterocycles. The Morgan fingerprint density at radius 3 is 2.71 bits per heavy atom. The summed E-state index contributed by atoms with van der Waals surface area (Å²) in [5.41, 5.74) is 4.36. The maximum Gasteiger partial charge on any atom is 0.0678 e. The van der Waals surface area contributed by atoms with Crippen LogP contribution in [0, 0.1) is 13.8 Å². The van der Waals surface area contributed by atoms with Crippen molar-refractivity contribution in [1.29, 1.82) is 0 Å². The lowest BCUT2D eigenvalue weighted by Crippen LogP contribution is -2.04. The summed E-state index contributed by atoms with van der Waals surface area (Å²) in [5.74, 6) is 0.508. The number of hydrogen-bond donors (Lipinski definition) is 0. The van der Waals surface area contributed by atoms with Gasteiger partial charge in [0.2, 0.25) is 0 Å². The molecule has 2 heterocycles. The molecule has 0 N–H and O–H groups in total. The fourth-order valence-corrected chi connectivity index (χ4v) is 2.60. The van der Waals surface area contributed by atoms with E-state index in [-0.39, 0.29) is 0 Å². The first-order chi connectivity index (χ1) is 8.11.